The van der Waals surface area contributed by atoms with Gasteiger partial charge in [0.15, 0.2) is 0 Å². The Morgan fingerprint density at radius 1 is 1.29 bits per heavy atom. The van der Waals surface area contributed by atoms with Gasteiger partial charge in [-0.25, -0.2) is 0 Å². The molecule has 2 aromatic rings. The van der Waals surface area contributed by atoms with Crippen molar-refractivity contribution < 1.29 is 4.74 Å². The fourth-order valence-electron chi connectivity index (χ4n) is 1.82. The Bertz CT molecular complexity index is 477. The van der Waals surface area contributed by atoms with Crippen molar-refractivity contribution in [2.24, 2.45) is 7.05 Å². The summed E-state index contributed by atoms with van der Waals surface area (Å²) >= 11 is 0. The zero-order chi connectivity index (χ0) is 12.1. The van der Waals surface area contributed by atoms with E-state index in [1.807, 2.05) is 42.3 Å². The summed E-state index contributed by atoms with van der Waals surface area (Å²) in [7, 11) is 1.93. The van der Waals surface area contributed by atoms with E-state index < -0.39 is 0 Å². The maximum Gasteiger partial charge on any atom is 0.122 e. The van der Waals surface area contributed by atoms with Gasteiger partial charge in [-0.05, 0) is 23.6 Å². The number of rotatable bonds is 5. The molecule has 17 heavy (non-hydrogen) atoms. The molecule has 0 atom stereocenters. The number of para-hydroxylation sites is 1. The molecule has 3 nitrogen and oxygen atoms in total. The van der Waals surface area contributed by atoms with Gasteiger partial charge in [0.1, 0.15) is 5.75 Å². The molecule has 0 N–H and O–H groups in total. The minimum atomic E-state index is 0.697. The van der Waals surface area contributed by atoms with Crippen molar-refractivity contribution in [2.75, 3.05) is 6.61 Å². The van der Waals surface area contributed by atoms with Gasteiger partial charge in [-0.1, -0.05) is 25.1 Å². The first-order chi connectivity index (χ1) is 8.29. The van der Waals surface area contributed by atoms with E-state index in [0.717, 1.165) is 18.6 Å². The summed E-state index contributed by atoms with van der Waals surface area (Å²) in [5.74, 6) is 0.999. The van der Waals surface area contributed by atoms with Crippen LogP contribution in [0.2, 0.25) is 0 Å². The van der Waals surface area contributed by atoms with E-state index in [9.17, 15) is 0 Å². The van der Waals surface area contributed by atoms with Gasteiger partial charge in [-0.15, -0.1) is 0 Å². The number of hydrogen-bond acceptors (Lipinski definition) is 2. The van der Waals surface area contributed by atoms with E-state index in [1.54, 1.807) is 0 Å². The van der Waals surface area contributed by atoms with E-state index in [0.29, 0.717) is 6.61 Å². The number of aromatic nitrogens is 2. The van der Waals surface area contributed by atoms with Gasteiger partial charge >= 0.3 is 0 Å². The van der Waals surface area contributed by atoms with Gasteiger partial charge in [0.2, 0.25) is 0 Å². The highest BCUT2D eigenvalue weighted by molar-refractivity contribution is 5.33. The second-order valence-electron chi connectivity index (χ2n) is 4.08. The van der Waals surface area contributed by atoms with E-state index in [1.165, 1.54) is 11.1 Å². The van der Waals surface area contributed by atoms with Crippen LogP contribution in [0.1, 0.15) is 18.1 Å². The fourth-order valence-corrected chi connectivity index (χ4v) is 1.82. The molecule has 0 aliphatic rings. The molecule has 1 aromatic carbocycles. The largest absolute Gasteiger partial charge is 0.493 e. The van der Waals surface area contributed by atoms with Crippen molar-refractivity contribution >= 4 is 0 Å². The number of hydrogen-bond donors (Lipinski definition) is 0. The SMILES string of the molecule is CCc1ccccc1OCCc1cnn(C)c1. The Hall–Kier alpha value is -1.77. The minimum absolute atomic E-state index is 0.697. The lowest BCUT2D eigenvalue weighted by Gasteiger charge is -2.09. The summed E-state index contributed by atoms with van der Waals surface area (Å²) in [6.07, 6.45) is 5.80. The zero-order valence-electron chi connectivity index (χ0n) is 10.4. The van der Waals surface area contributed by atoms with Crippen LogP contribution in [0.3, 0.4) is 0 Å². The normalized spacial score (nSPS) is 10.5. The second kappa shape index (κ2) is 5.53. The van der Waals surface area contributed by atoms with Gasteiger partial charge in [0, 0.05) is 19.7 Å². The summed E-state index contributed by atoms with van der Waals surface area (Å²) < 4.78 is 7.62. The molecule has 0 radical (unpaired) electrons. The Balaban J connectivity index is 1.89. The predicted molar refractivity (Wildman–Crippen MR) is 68.2 cm³/mol. The molecule has 0 aliphatic heterocycles. The van der Waals surface area contributed by atoms with E-state index in [-0.39, 0.29) is 0 Å². The summed E-state index contributed by atoms with van der Waals surface area (Å²) in [5, 5.41) is 4.14. The Kier molecular flexibility index (Phi) is 3.81. The van der Waals surface area contributed by atoms with Crippen molar-refractivity contribution in [3.8, 4) is 5.75 Å². The summed E-state index contributed by atoms with van der Waals surface area (Å²) in [4.78, 5) is 0. The highest BCUT2D eigenvalue weighted by Crippen LogP contribution is 2.18. The maximum atomic E-state index is 5.80. The van der Waals surface area contributed by atoms with Crippen LogP contribution < -0.4 is 4.74 Å². The molecule has 2 rings (SSSR count). The quantitative estimate of drug-likeness (QED) is 0.789. The van der Waals surface area contributed by atoms with Gasteiger partial charge < -0.3 is 4.74 Å². The molecule has 1 heterocycles. The van der Waals surface area contributed by atoms with Crippen molar-refractivity contribution in [3.05, 3.63) is 47.8 Å². The molecular weight excluding hydrogens is 212 g/mol. The molecule has 1 aromatic heterocycles. The lowest BCUT2D eigenvalue weighted by Crippen LogP contribution is -2.02. The molecule has 0 unspecified atom stereocenters. The number of ether oxygens (including phenoxy) is 1. The monoisotopic (exact) mass is 230 g/mol. The van der Waals surface area contributed by atoms with Crippen molar-refractivity contribution in [2.45, 2.75) is 19.8 Å². The van der Waals surface area contributed by atoms with E-state index >= 15 is 0 Å². The minimum Gasteiger partial charge on any atom is -0.493 e. The van der Waals surface area contributed by atoms with Crippen molar-refractivity contribution in [3.63, 3.8) is 0 Å². The number of benzene rings is 1. The van der Waals surface area contributed by atoms with Crippen LogP contribution in [0, 0.1) is 0 Å². The first-order valence-corrected chi connectivity index (χ1v) is 5.98. The molecule has 0 amide bonds. The van der Waals surface area contributed by atoms with Gasteiger partial charge in [0.25, 0.3) is 0 Å². The van der Waals surface area contributed by atoms with Crippen LogP contribution >= 0.6 is 0 Å². The number of nitrogens with zero attached hydrogens (tertiary/aromatic N) is 2. The smallest absolute Gasteiger partial charge is 0.122 e. The Morgan fingerprint density at radius 3 is 2.82 bits per heavy atom. The Labute approximate surface area is 102 Å². The van der Waals surface area contributed by atoms with Crippen LogP contribution in [0.4, 0.5) is 0 Å². The van der Waals surface area contributed by atoms with Crippen LogP contribution in [-0.4, -0.2) is 16.4 Å². The molecule has 0 saturated heterocycles. The third kappa shape index (κ3) is 3.09. The highest BCUT2D eigenvalue weighted by atomic mass is 16.5. The predicted octanol–water partition coefficient (Wildman–Crippen LogP) is 2.60. The summed E-state index contributed by atoms with van der Waals surface area (Å²) in [6, 6.07) is 8.20. The third-order valence-electron chi connectivity index (χ3n) is 2.76. The third-order valence-corrected chi connectivity index (χ3v) is 2.76. The summed E-state index contributed by atoms with van der Waals surface area (Å²) in [6.45, 7) is 2.84. The van der Waals surface area contributed by atoms with Crippen LogP contribution in [0.25, 0.3) is 0 Å². The maximum absolute atomic E-state index is 5.80. The second-order valence-corrected chi connectivity index (χ2v) is 4.08. The first-order valence-electron chi connectivity index (χ1n) is 5.98. The Morgan fingerprint density at radius 2 is 2.12 bits per heavy atom. The van der Waals surface area contributed by atoms with E-state index in [2.05, 4.69) is 18.1 Å². The molecule has 0 saturated carbocycles. The molecule has 0 spiro atoms. The van der Waals surface area contributed by atoms with E-state index in [4.69, 9.17) is 4.74 Å². The standard InChI is InChI=1S/C14H18N2O/c1-3-13-6-4-5-7-14(13)17-9-8-12-10-15-16(2)11-12/h4-7,10-11H,3,8-9H2,1-2H3. The van der Waals surface area contributed by atoms with Crippen LogP contribution in [-0.2, 0) is 19.9 Å². The first kappa shape index (κ1) is 11.7. The van der Waals surface area contributed by atoms with Gasteiger partial charge in [0.05, 0.1) is 12.8 Å². The van der Waals surface area contributed by atoms with Crippen molar-refractivity contribution in [1.29, 1.82) is 0 Å². The lowest BCUT2D eigenvalue weighted by atomic mass is 10.1. The van der Waals surface area contributed by atoms with Crippen LogP contribution in [0.5, 0.6) is 5.75 Å². The van der Waals surface area contributed by atoms with Crippen molar-refractivity contribution in [1.82, 2.24) is 9.78 Å². The fraction of sp³-hybridized carbons (Fsp3) is 0.357. The van der Waals surface area contributed by atoms with Gasteiger partial charge in [-0.2, -0.15) is 5.10 Å². The zero-order valence-corrected chi connectivity index (χ0v) is 10.4. The average Bonchev–Trinajstić information content (AvgIpc) is 2.76. The molecule has 0 fully saturated rings. The van der Waals surface area contributed by atoms with Gasteiger partial charge in [-0.3, -0.25) is 4.68 Å². The van der Waals surface area contributed by atoms with Crippen LogP contribution in [0.15, 0.2) is 36.7 Å². The molecule has 0 bridgehead atoms. The number of aryl methyl sites for hydroxylation is 2. The molecule has 0 aliphatic carbocycles. The molecule has 90 valence electrons. The molecule has 3 heteroatoms. The lowest BCUT2D eigenvalue weighted by molar-refractivity contribution is 0.319. The highest BCUT2D eigenvalue weighted by Gasteiger charge is 2.01. The average molecular weight is 230 g/mol. The topological polar surface area (TPSA) is 27.1 Å². The summed E-state index contributed by atoms with van der Waals surface area (Å²) in [5.41, 5.74) is 2.47. The molecular formula is C14H18N2O.